The molecule has 0 bridgehead atoms. The highest BCUT2D eigenvalue weighted by Crippen LogP contribution is 2.43. The number of hydrogen-bond acceptors (Lipinski definition) is 5. The van der Waals surface area contributed by atoms with Crippen molar-refractivity contribution < 1.29 is 8.83 Å². The van der Waals surface area contributed by atoms with E-state index in [4.69, 9.17) is 23.8 Å². The van der Waals surface area contributed by atoms with Crippen LogP contribution in [0.3, 0.4) is 0 Å². The second kappa shape index (κ2) is 12.8. The van der Waals surface area contributed by atoms with Crippen LogP contribution in [-0.4, -0.2) is 54.2 Å². The van der Waals surface area contributed by atoms with Gasteiger partial charge in [0.1, 0.15) is 61.6 Å². The highest BCUT2D eigenvalue weighted by Gasteiger charge is 2.22. The highest BCUT2D eigenvalue weighted by atomic mass is 16.3. The molecule has 55 heavy (non-hydrogen) atoms. The molecule has 0 unspecified atom stereocenters. The molecule has 10 rings (SSSR count). The summed E-state index contributed by atoms with van der Waals surface area (Å²) in [7, 11) is 11.1. The molecular formula is C45H32B5N3O2. The lowest BCUT2D eigenvalue weighted by Crippen LogP contribution is -2.55. The van der Waals surface area contributed by atoms with E-state index in [9.17, 15) is 0 Å². The molecule has 7 aromatic carbocycles. The first-order chi connectivity index (χ1) is 26.9. The average Bonchev–Trinajstić information content (AvgIpc) is 3.82. The summed E-state index contributed by atoms with van der Waals surface area (Å²) in [5.41, 5.74) is 17.1. The molecule has 0 amide bonds. The SMILES string of the molecule is Bc1c(B)c(B)c(-c2ccc(-c3nc(-c4ccccc4)nc(-c4cccc5c4oc4cccc(-c6cccc7c6oc6ccccc67)c45)n3)cc2)c(B)c1B. The Morgan fingerprint density at radius 3 is 1.58 bits per heavy atom. The van der Waals surface area contributed by atoms with Crippen molar-refractivity contribution in [3.63, 3.8) is 0 Å². The molecule has 10 aromatic rings. The lowest BCUT2D eigenvalue weighted by Gasteiger charge is -2.20. The van der Waals surface area contributed by atoms with E-state index >= 15 is 0 Å². The summed E-state index contributed by atoms with van der Waals surface area (Å²) in [5, 5.41) is 4.20. The molecule has 0 fully saturated rings. The van der Waals surface area contributed by atoms with Crippen molar-refractivity contribution in [1.29, 1.82) is 0 Å². The molecule has 254 valence electrons. The maximum absolute atomic E-state index is 6.75. The van der Waals surface area contributed by atoms with Crippen LogP contribution in [0.4, 0.5) is 0 Å². The molecule has 3 aromatic heterocycles. The quantitative estimate of drug-likeness (QED) is 0.258. The summed E-state index contributed by atoms with van der Waals surface area (Å²) < 4.78 is 13.2. The minimum absolute atomic E-state index is 0.551. The van der Waals surface area contributed by atoms with Gasteiger partial charge in [-0.1, -0.05) is 126 Å². The Labute approximate surface area is 322 Å². The van der Waals surface area contributed by atoms with Crippen LogP contribution >= 0.6 is 0 Å². The molecule has 0 aliphatic rings. The second-order valence-corrected chi connectivity index (χ2v) is 14.5. The number of benzene rings is 7. The zero-order valence-corrected chi connectivity index (χ0v) is 31.4. The molecule has 10 heteroatoms. The van der Waals surface area contributed by atoms with Crippen molar-refractivity contribution in [2.75, 3.05) is 0 Å². The van der Waals surface area contributed by atoms with Crippen LogP contribution in [0, 0.1) is 0 Å². The lowest BCUT2D eigenvalue weighted by molar-refractivity contribution is 0.669. The second-order valence-electron chi connectivity index (χ2n) is 14.5. The predicted octanol–water partition coefficient (Wildman–Crippen LogP) is 3.30. The smallest absolute Gasteiger partial charge is 0.167 e. The van der Waals surface area contributed by atoms with E-state index in [1.54, 1.807) is 0 Å². The third-order valence-electron chi connectivity index (χ3n) is 11.6. The minimum Gasteiger partial charge on any atom is -0.455 e. The summed E-state index contributed by atoms with van der Waals surface area (Å²) in [6, 6.07) is 45.7. The predicted molar refractivity (Wildman–Crippen MR) is 242 cm³/mol. The topological polar surface area (TPSA) is 65.0 Å². The van der Waals surface area contributed by atoms with Crippen LogP contribution in [0.2, 0.25) is 0 Å². The van der Waals surface area contributed by atoms with Crippen LogP contribution in [0.5, 0.6) is 0 Å². The summed E-state index contributed by atoms with van der Waals surface area (Å²) in [6.07, 6.45) is 0. The number of nitrogens with zero attached hydrogens (tertiary/aromatic N) is 3. The van der Waals surface area contributed by atoms with Gasteiger partial charge in [0, 0.05) is 38.2 Å². The van der Waals surface area contributed by atoms with Crippen molar-refractivity contribution in [1.82, 2.24) is 15.0 Å². The average molecular weight is 701 g/mol. The van der Waals surface area contributed by atoms with Crippen LogP contribution in [0.1, 0.15) is 0 Å². The fourth-order valence-electron chi connectivity index (χ4n) is 8.27. The highest BCUT2D eigenvalue weighted by molar-refractivity contribution is 6.68. The molecule has 5 nitrogen and oxygen atoms in total. The summed E-state index contributed by atoms with van der Waals surface area (Å²) in [4.78, 5) is 15.3. The molecule has 3 heterocycles. The maximum atomic E-state index is 6.75. The van der Waals surface area contributed by atoms with Gasteiger partial charge in [-0.15, -0.1) is 16.4 Å². The molecule has 0 saturated carbocycles. The number of fused-ring (bicyclic) bond motifs is 6. The zero-order chi connectivity index (χ0) is 37.4. The van der Waals surface area contributed by atoms with Gasteiger partial charge in [-0.05, 0) is 34.9 Å². The molecule has 0 aliphatic carbocycles. The van der Waals surface area contributed by atoms with Gasteiger partial charge in [0.05, 0.1) is 5.56 Å². The van der Waals surface area contributed by atoms with Gasteiger partial charge in [-0.25, -0.2) is 15.0 Å². The molecule has 0 atom stereocenters. The molecule has 0 radical (unpaired) electrons. The number of furan rings is 2. The minimum atomic E-state index is 0.551. The van der Waals surface area contributed by atoms with E-state index < -0.39 is 0 Å². The third kappa shape index (κ3) is 5.27. The first-order valence-electron chi connectivity index (χ1n) is 18.7. The number of hydrogen-bond donors (Lipinski definition) is 0. The third-order valence-corrected chi connectivity index (χ3v) is 11.6. The van der Waals surface area contributed by atoms with Crippen molar-refractivity contribution in [2.45, 2.75) is 0 Å². The van der Waals surface area contributed by atoms with Crippen molar-refractivity contribution in [3.8, 4) is 56.4 Å². The zero-order valence-electron chi connectivity index (χ0n) is 31.4. The summed E-state index contributed by atoms with van der Waals surface area (Å²) in [5.74, 6) is 1.76. The van der Waals surface area contributed by atoms with Gasteiger partial charge >= 0.3 is 0 Å². The van der Waals surface area contributed by atoms with Crippen molar-refractivity contribution in [3.05, 3.63) is 133 Å². The van der Waals surface area contributed by atoms with E-state index in [0.717, 1.165) is 71.7 Å². The van der Waals surface area contributed by atoms with Gasteiger partial charge in [0.25, 0.3) is 0 Å². The van der Waals surface area contributed by atoms with E-state index in [2.05, 4.69) is 112 Å². The van der Waals surface area contributed by atoms with Gasteiger partial charge < -0.3 is 8.83 Å². The fourth-order valence-corrected chi connectivity index (χ4v) is 8.27. The Kier molecular flexibility index (Phi) is 7.70. The largest absolute Gasteiger partial charge is 0.455 e. The number of para-hydroxylation sites is 3. The van der Waals surface area contributed by atoms with Gasteiger partial charge in [-0.2, -0.15) is 0 Å². The summed E-state index contributed by atoms with van der Waals surface area (Å²) >= 11 is 0. The first kappa shape index (κ1) is 33.1. The van der Waals surface area contributed by atoms with Gasteiger partial charge in [0.2, 0.25) is 0 Å². The van der Waals surface area contributed by atoms with E-state index in [1.807, 2.05) is 60.7 Å². The van der Waals surface area contributed by atoms with Crippen molar-refractivity contribution in [2.24, 2.45) is 0 Å². The molecule has 0 N–H and O–H groups in total. The fraction of sp³-hybridized carbons (Fsp3) is 0. The normalized spacial score (nSPS) is 11.6. The Hall–Kier alpha value is -6.53. The molecule has 0 saturated heterocycles. The Bertz CT molecular complexity index is 3130. The molecular weight excluding hydrogens is 669 g/mol. The van der Waals surface area contributed by atoms with Crippen LogP contribution in [0.25, 0.3) is 100 Å². The lowest BCUT2D eigenvalue weighted by atomic mass is 9.59. The summed E-state index contributed by atoms with van der Waals surface area (Å²) in [6.45, 7) is 0. The van der Waals surface area contributed by atoms with Crippen LogP contribution < -0.4 is 27.3 Å². The maximum Gasteiger partial charge on any atom is 0.167 e. The van der Waals surface area contributed by atoms with E-state index in [1.165, 1.54) is 38.4 Å². The number of rotatable bonds is 5. The van der Waals surface area contributed by atoms with Crippen molar-refractivity contribution >= 4 is 110 Å². The van der Waals surface area contributed by atoms with E-state index in [-0.39, 0.29) is 0 Å². The van der Waals surface area contributed by atoms with Gasteiger partial charge in [-0.3, -0.25) is 0 Å². The Balaban J connectivity index is 1.14. The van der Waals surface area contributed by atoms with E-state index in [0.29, 0.717) is 17.5 Å². The first-order valence-corrected chi connectivity index (χ1v) is 18.7. The molecule has 0 aliphatic heterocycles. The Morgan fingerprint density at radius 2 is 0.836 bits per heavy atom. The Morgan fingerprint density at radius 1 is 0.345 bits per heavy atom. The molecule has 0 spiro atoms. The number of aromatic nitrogens is 3. The monoisotopic (exact) mass is 701 g/mol. The standard InChI is InChI=1S/C45H32B5N3O2/c46-36-34(37(47)39(49)40(50)38(36)48)23-19-21-25(22-20-23)44-51-43(24-9-2-1-3-10-24)52-45(53-44)31-16-7-15-30-35-27(12-8-18-33(35)55-42(30)31)29-14-6-13-28-26-11-4-5-17-32(26)54-41(28)29/h1-22H,46-50H2. The van der Waals surface area contributed by atoms with Gasteiger partial charge in [0.15, 0.2) is 17.5 Å². The van der Waals surface area contributed by atoms with Crippen LogP contribution in [-0.2, 0) is 0 Å². The van der Waals surface area contributed by atoms with Crippen LogP contribution in [0.15, 0.2) is 142 Å².